The molecular weight excluding hydrogens is 204 g/mol. The lowest BCUT2D eigenvalue weighted by Gasteiger charge is -2.18. The molecule has 0 aliphatic rings. The molecule has 0 aliphatic heterocycles. The Hall–Kier alpha value is -1.51. The molecule has 16 heavy (non-hydrogen) atoms. The fourth-order valence-electron chi connectivity index (χ4n) is 1.92. The van der Waals surface area contributed by atoms with Gasteiger partial charge in [0.25, 0.3) is 0 Å². The van der Waals surface area contributed by atoms with E-state index >= 15 is 0 Å². The molecule has 0 heterocycles. The minimum atomic E-state index is 0.00583. The molecule has 1 atom stereocenters. The molecule has 0 saturated heterocycles. The maximum absolute atomic E-state index is 10.5. The van der Waals surface area contributed by atoms with Crippen molar-refractivity contribution in [2.45, 2.75) is 33.1 Å². The molecule has 0 spiro atoms. The van der Waals surface area contributed by atoms with Gasteiger partial charge in [0.05, 0.1) is 7.11 Å². The number of phenolic OH excluding ortho intramolecular Hbond substituents is 1. The lowest BCUT2D eigenvalue weighted by atomic mass is 9.90. The Kier molecular flexibility index (Phi) is 3.93. The number of carbonyl (C=O) groups is 1. The molecule has 0 amide bonds. The number of hydrogen-bond acceptors (Lipinski definition) is 3. The Bertz CT molecular complexity index is 397. The standard InChI is InChI=1S/C13H18O3/c1-8(5-6-14)12-10(3)9(2)7-11(16-4)13(12)15/h6-8,15H,5H2,1-4H3. The van der Waals surface area contributed by atoms with Crippen molar-refractivity contribution in [3.8, 4) is 11.5 Å². The van der Waals surface area contributed by atoms with Crippen LogP contribution in [0, 0.1) is 13.8 Å². The van der Waals surface area contributed by atoms with Gasteiger partial charge in [-0.15, -0.1) is 0 Å². The van der Waals surface area contributed by atoms with Crippen molar-refractivity contribution in [3.63, 3.8) is 0 Å². The first kappa shape index (κ1) is 12.6. The van der Waals surface area contributed by atoms with Crippen LogP contribution in [0.5, 0.6) is 11.5 Å². The molecule has 1 rings (SSSR count). The van der Waals surface area contributed by atoms with Gasteiger partial charge in [0.15, 0.2) is 11.5 Å². The third-order valence-corrected chi connectivity index (χ3v) is 2.99. The lowest BCUT2D eigenvalue weighted by Crippen LogP contribution is -2.01. The third-order valence-electron chi connectivity index (χ3n) is 2.99. The molecule has 1 N–H and O–H groups in total. The fraction of sp³-hybridized carbons (Fsp3) is 0.462. The number of carbonyl (C=O) groups excluding carboxylic acids is 1. The molecule has 0 radical (unpaired) electrons. The maximum Gasteiger partial charge on any atom is 0.161 e. The average molecular weight is 222 g/mol. The average Bonchev–Trinajstić information content (AvgIpc) is 2.24. The number of rotatable bonds is 4. The Morgan fingerprint density at radius 2 is 2.12 bits per heavy atom. The summed E-state index contributed by atoms with van der Waals surface area (Å²) in [5.74, 6) is 0.627. The third kappa shape index (κ3) is 2.18. The van der Waals surface area contributed by atoms with E-state index in [1.807, 2.05) is 26.8 Å². The van der Waals surface area contributed by atoms with Gasteiger partial charge in [-0.1, -0.05) is 6.92 Å². The quantitative estimate of drug-likeness (QED) is 0.797. The normalized spacial score (nSPS) is 12.2. The molecule has 0 aromatic heterocycles. The predicted octanol–water partition coefficient (Wildman–Crippen LogP) is 2.71. The van der Waals surface area contributed by atoms with E-state index in [0.29, 0.717) is 12.2 Å². The summed E-state index contributed by atoms with van der Waals surface area (Å²) < 4.78 is 5.11. The van der Waals surface area contributed by atoms with Gasteiger partial charge >= 0.3 is 0 Å². The highest BCUT2D eigenvalue weighted by Crippen LogP contribution is 2.39. The fourth-order valence-corrected chi connectivity index (χ4v) is 1.92. The second-order valence-electron chi connectivity index (χ2n) is 4.09. The first-order valence-electron chi connectivity index (χ1n) is 5.33. The van der Waals surface area contributed by atoms with E-state index in [9.17, 15) is 9.90 Å². The summed E-state index contributed by atoms with van der Waals surface area (Å²) in [6, 6.07) is 1.81. The number of aryl methyl sites for hydroxylation is 1. The number of aldehydes is 1. The van der Waals surface area contributed by atoms with Crippen molar-refractivity contribution >= 4 is 6.29 Å². The van der Waals surface area contributed by atoms with Gasteiger partial charge in [-0.3, -0.25) is 0 Å². The van der Waals surface area contributed by atoms with E-state index in [1.54, 1.807) is 0 Å². The van der Waals surface area contributed by atoms with Crippen LogP contribution < -0.4 is 4.74 Å². The summed E-state index contributed by atoms with van der Waals surface area (Å²) >= 11 is 0. The first-order valence-corrected chi connectivity index (χ1v) is 5.33. The molecule has 0 saturated carbocycles. The van der Waals surface area contributed by atoms with Crippen molar-refractivity contribution < 1.29 is 14.6 Å². The molecule has 1 unspecified atom stereocenters. The molecular formula is C13H18O3. The zero-order chi connectivity index (χ0) is 12.3. The minimum Gasteiger partial charge on any atom is -0.504 e. The van der Waals surface area contributed by atoms with E-state index < -0.39 is 0 Å². The predicted molar refractivity (Wildman–Crippen MR) is 63.2 cm³/mol. The van der Waals surface area contributed by atoms with Gasteiger partial charge in [0.2, 0.25) is 0 Å². The topological polar surface area (TPSA) is 46.5 Å². The van der Waals surface area contributed by atoms with E-state index in [1.165, 1.54) is 7.11 Å². The van der Waals surface area contributed by atoms with Crippen LogP contribution in [0.3, 0.4) is 0 Å². The van der Waals surface area contributed by atoms with Crippen LogP contribution in [0.15, 0.2) is 6.07 Å². The maximum atomic E-state index is 10.5. The van der Waals surface area contributed by atoms with Crippen molar-refractivity contribution in [3.05, 3.63) is 22.8 Å². The van der Waals surface area contributed by atoms with Crippen LogP contribution in [0.4, 0.5) is 0 Å². The lowest BCUT2D eigenvalue weighted by molar-refractivity contribution is -0.108. The van der Waals surface area contributed by atoms with E-state index in [4.69, 9.17) is 4.74 Å². The number of benzene rings is 1. The molecule has 1 aromatic rings. The number of aromatic hydroxyl groups is 1. The molecule has 88 valence electrons. The second-order valence-corrected chi connectivity index (χ2v) is 4.09. The molecule has 3 nitrogen and oxygen atoms in total. The van der Waals surface area contributed by atoms with Crippen molar-refractivity contribution in [2.75, 3.05) is 7.11 Å². The Morgan fingerprint density at radius 3 is 2.62 bits per heavy atom. The summed E-state index contributed by atoms with van der Waals surface area (Å²) in [5, 5.41) is 10.1. The van der Waals surface area contributed by atoms with Gasteiger partial charge < -0.3 is 14.6 Å². The summed E-state index contributed by atoms with van der Waals surface area (Å²) in [6.07, 6.45) is 1.28. The molecule has 3 heteroatoms. The Morgan fingerprint density at radius 1 is 1.50 bits per heavy atom. The van der Waals surface area contributed by atoms with Crippen LogP contribution in [0.1, 0.15) is 36.0 Å². The Balaban J connectivity index is 3.34. The number of hydrogen-bond donors (Lipinski definition) is 1. The van der Waals surface area contributed by atoms with Gasteiger partial charge in [-0.2, -0.15) is 0 Å². The summed E-state index contributed by atoms with van der Waals surface area (Å²) in [7, 11) is 1.53. The summed E-state index contributed by atoms with van der Waals surface area (Å²) in [5.41, 5.74) is 2.89. The van der Waals surface area contributed by atoms with Gasteiger partial charge in [0, 0.05) is 12.0 Å². The first-order chi connectivity index (χ1) is 7.52. The molecule has 0 fully saturated rings. The van der Waals surface area contributed by atoms with E-state index in [0.717, 1.165) is 23.0 Å². The highest BCUT2D eigenvalue weighted by Gasteiger charge is 2.18. The van der Waals surface area contributed by atoms with Crippen LogP contribution in [-0.2, 0) is 4.79 Å². The van der Waals surface area contributed by atoms with Crippen molar-refractivity contribution in [1.29, 1.82) is 0 Å². The van der Waals surface area contributed by atoms with Crippen LogP contribution in [0.25, 0.3) is 0 Å². The highest BCUT2D eigenvalue weighted by molar-refractivity contribution is 5.58. The van der Waals surface area contributed by atoms with Gasteiger partial charge in [-0.05, 0) is 37.0 Å². The summed E-state index contributed by atoms with van der Waals surface area (Å²) in [4.78, 5) is 10.5. The van der Waals surface area contributed by atoms with Crippen LogP contribution >= 0.6 is 0 Å². The zero-order valence-corrected chi connectivity index (χ0v) is 10.2. The Labute approximate surface area is 96.1 Å². The highest BCUT2D eigenvalue weighted by atomic mass is 16.5. The smallest absolute Gasteiger partial charge is 0.161 e. The number of ether oxygens (including phenoxy) is 1. The SMILES string of the molecule is COc1cc(C)c(C)c(C(C)CC=O)c1O. The van der Waals surface area contributed by atoms with E-state index in [2.05, 4.69) is 0 Å². The van der Waals surface area contributed by atoms with Gasteiger partial charge in [0.1, 0.15) is 6.29 Å². The number of phenols is 1. The molecule has 0 aliphatic carbocycles. The van der Waals surface area contributed by atoms with E-state index in [-0.39, 0.29) is 11.7 Å². The number of methoxy groups -OCH3 is 1. The zero-order valence-electron chi connectivity index (χ0n) is 10.2. The minimum absolute atomic E-state index is 0.00583. The van der Waals surface area contributed by atoms with Crippen molar-refractivity contribution in [1.82, 2.24) is 0 Å². The van der Waals surface area contributed by atoms with Crippen LogP contribution in [0.2, 0.25) is 0 Å². The largest absolute Gasteiger partial charge is 0.504 e. The van der Waals surface area contributed by atoms with Crippen molar-refractivity contribution in [2.24, 2.45) is 0 Å². The van der Waals surface area contributed by atoms with Crippen LogP contribution in [-0.4, -0.2) is 18.5 Å². The molecule has 0 bridgehead atoms. The second kappa shape index (κ2) is 5.01. The summed E-state index contributed by atoms with van der Waals surface area (Å²) in [6.45, 7) is 5.84. The monoisotopic (exact) mass is 222 g/mol. The van der Waals surface area contributed by atoms with Gasteiger partial charge in [-0.25, -0.2) is 0 Å². The molecule has 1 aromatic carbocycles.